The lowest BCUT2D eigenvalue weighted by Gasteiger charge is -2.28. The molecule has 3 nitrogen and oxygen atoms in total. The van der Waals surface area contributed by atoms with Gasteiger partial charge in [0.1, 0.15) is 5.82 Å². The number of nitrogens with zero attached hydrogens (tertiary/aromatic N) is 1. The molecule has 1 amide bonds. The van der Waals surface area contributed by atoms with Crippen LogP contribution < -0.4 is 5.32 Å². The van der Waals surface area contributed by atoms with E-state index in [0.29, 0.717) is 18.0 Å². The summed E-state index contributed by atoms with van der Waals surface area (Å²) in [4.78, 5) is 14.1. The van der Waals surface area contributed by atoms with Crippen LogP contribution in [0.25, 0.3) is 0 Å². The normalized spacial score (nSPS) is 12.8. The van der Waals surface area contributed by atoms with Crippen molar-refractivity contribution in [2.75, 3.05) is 20.6 Å². The zero-order chi connectivity index (χ0) is 14.6. The zero-order valence-corrected chi connectivity index (χ0v) is 13.3. The highest BCUT2D eigenvalue weighted by molar-refractivity contribution is 9.10. The number of likely N-dealkylation sites (N-methyl/N-ethyl adjacent to an activating group) is 1. The molecule has 1 rings (SSSR count). The number of nitrogens with one attached hydrogen (secondary N) is 1. The molecule has 0 bridgehead atoms. The van der Waals surface area contributed by atoms with Crippen LogP contribution in [0.15, 0.2) is 22.7 Å². The topological polar surface area (TPSA) is 32.3 Å². The van der Waals surface area contributed by atoms with Crippen LogP contribution in [-0.2, 0) is 0 Å². The lowest BCUT2D eigenvalue weighted by atomic mass is 10.0. The van der Waals surface area contributed by atoms with E-state index >= 15 is 0 Å². The summed E-state index contributed by atoms with van der Waals surface area (Å²) < 4.78 is 13.6. The number of hydrogen-bond donors (Lipinski definition) is 1. The van der Waals surface area contributed by atoms with E-state index in [-0.39, 0.29) is 16.4 Å². The predicted molar refractivity (Wildman–Crippen MR) is 78.7 cm³/mol. The maximum absolute atomic E-state index is 13.4. The highest BCUT2D eigenvalue weighted by atomic mass is 79.9. The molecule has 1 aromatic rings. The zero-order valence-electron chi connectivity index (χ0n) is 11.7. The number of hydrogen-bond acceptors (Lipinski definition) is 2. The summed E-state index contributed by atoms with van der Waals surface area (Å²) in [5, 5.41) is 2.85. The van der Waals surface area contributed by atoms with Crippen molar-refractivity contribution in [1.29, 1.82) is 0 Å². The smallest absolute Gasteiger partial charge is 0.252 e. The van der Waals surface area contributed by atoms with E-state index in [2.05, 4.69) is 40.0 Å². The molecule has 106 valence electrons. The van der Waals surface area contributed by atoms with Crippen molar-refractivity contribution in [3.8, 4) is 0 Å². The molecular formula is C14H20BrFN2O. The third kappa shape index (κ3) is 4.28. The Bertz CT molecular complexity index is 441. The number of carbonyl (C=O) groups is 1. The first-order chi connectivity index (χ1) is 8.84. The Labute approximate surface area is 122 Å². The van der Waals surface area contributed by atoms with Gasteiger partial charge in [-0.05, 0) is 48.1 Å². The third-order valence-corrected chi connectivity index (χ3v) is 3.91. The number of halogens is 2. The molecule has 1 N–H and O–H groups in total. The van der Waals surface area contributed by atoms with Gasteiger partial charge in [0.15, 0.2) is 0 Å². The number of amides is 1. The number of rotatable bonds is 5. The monoisotopic (exact) mass is 330 g/mol. The lowest BCUT2D eigenvalue weighted by molar-refractivity contribution is 0.0933. The van der Waals surface area contributed by atoms with Gasteiger partial charge >= 0.3 is 0 Å². The van der Waals surface area contributed by atoms with E-state index < -0.39 is 5.82 Å². The Kier molecular flexibility index (Phi) is 5.94. The lowest BCUT2D eigenvalue weighted by Crippen LogP contribution is -2.43. The summed E-state index contributed by atoms with van der Waals surface area (Å²) >= 11 is 3.10. The summed E-state index contributed by atoms with van der Waals surface area (Å²) in [5.41, 5.74) is 0.321. The summed E-state index contributed by atoms with van der Waals surface area (Å²) in [5.74, 6) is -0.272. The van der Waals surface area contributed by atoms with Gasteiger partial charge in [-0.2, -0.15) is 0 Å². The third-order valence-electron chi connectivity index (χ3n) is 3.10. The first kappa shape index (κ1) is 16.1. The molecule has 0 aromatic heterocycles. The first-order valence-electron chi connectivity index (χ1n) is 6.23. The van der Waals surface area contributed by atoms with Gasteiger partial charge in [0.05, 0.1) is 10.0 Å². The summed E-state index contributed by atoms with van der Waals surface area (Å²) in [6.45, 7) is 4.75. The Morgan fingerprint density at radius 2 is 2.05 bits per heavy atom. The number of carbonyl (C=O) groups excluding carboxylic acids is 1. The Balaban J connectivity index is 2.72. The van der Waals surface area contributed by atoms with Gasteiger partial charge in [-0.3, -0.25) is 4.79 Å². The van der Waals surface area contributed by atoms with Crippen LogP contribution in [0.1, 0.15) is 24.2 Å². The van der Waals surface area contributed by atoms with E-state index in [1.54, 1.807) is 6.07 Å². The summed E-state index contributed by atoms with van der Waals surface area (Å²) in [6.07, 6.45) is 0. The van der Waals surface area contributed by atoms with Gasteiger partial charge in [0.25, 0.3) is 5.91 Å². The van der Waals surface area contributed by atoms with E-state index in [0.717, 1.165) is 0 Å². The van der Waals surface area contributed by atoms with Gasteiger partial charge in [-0.1, -0.05) is 19.9 Å². The van der Waals surface area contributed by atoms with Crippen LogP contribution >= 0.6 is 15.9 Å². The second-order valence-corrected chi connectivity index (χ2v) is 5.88. The highest BCUT2D eigenvalue weighted by Crippen LogP contribution is 2.20. The largest absolute Gasteiger partial charge is 0.350 e. The van der Waals surface area contributed by atoms with Gasteiger partial charge < -0.3 is 10.2 Å². The average Bonchev–Trinajstić information content (AvgIpc) is 2.31. The molecule has 0 aliphatic rings. The van der Waals surface area contributed by atoms with Gasteiger partial charge in [0.2, 0.25) is 0 Å². The van der Waals surface area contributed by atoms with Crippen molar-refractivity contribution < 1.29 is 9.18 Å². The summed E-state index contributed by atoms with van der Waals surface area (Å²) in [7, 11) is 3.96. The van der Waals surface area contributed by atoms with E-state index in [4.69, 9.17) is 0 Å². The van der Waals surface area contributed by atoms with Crippen molar-refractivity contribution in [1.82, 2.24) is 10.2 Å². The van der Waals surface area contributed by atoms with Gasteiger partial charge in [-0.15, -0.1) is 0 Å². The van der Waals surface area contributed by atoms with Crippen LogP contribution in [0.3, 0.4) is 0 Å². The minimum atomic E-state index is -0.430. The van der Waals surface area contributed by atoms with Crippen molar-refractivity contribution in [3.63, 3.8) is 0 Å². The van der Waals surface area contributed by atoms with Crippen LogP contribution in [0.4, 0.5) is 4.39 Å². The highest BCUT2D eigenvalue weighted by Gasteiger charge is 2.18. The molecule has 1 aromatic carbocycles. The minimum absolute atomic E-state index is 0.207. The maximum atomic E-state index is 13.4. The fourth-order valence-electron chi connectivity index (χ4n) is 1.99. The molecule has 5 heteroatoms. The average molecular weight is 331 g/mol. The molecule has 0 radical (unpaired) electrons. The second kappa shape index (κ2) is 7.01. The molecule has 0 aliphatic carbocycles. The predicted octanol–water partition coefficient (Wildman–Crippen LogP) is 2.90. The molecule has 0 fully saturated rings. The van der Waals surface area contributed by atoms with Crippen LogP contribution in [0, 0.1) is 11.7 Å². The quantitative estimate of drug-likeness (QED) is 0.900. The van der Waals surface area contributed by atoms with Crippen molar-refractivity contribution in [3.05, 3.63) is 34.1 Å². The molecule has 19 heavy (non-hydrogen) atoms. The van der Waals surface area contributed by atoms with Gasteiger partial charge in [0, 0.05) is 12.6 Å². The van der Waals surface area contributed by atoms with Crippen molar-refractivity contribution in [2.45, 2.75) is 19.9 Å². The molecule has 0 aliphatic heterocycles. The first-order valence-corrected chi connectivity index (χ1v) is 7.02. The van der Waals surface area contributed by atoms with Crippen molar-refractivity contribution in [2.24, 2.45) is 5.92 Å². The number of benzene rings is 1. The molecule has 1 unspecified atom stereocenters. The SMILES string of the molecule is CC(C)C(CNC(=O)c1cccc(F)c1Br)N(C)C. The molecular weight excluding hydrogens is 311 g/mol. The van der Waals surface area contributed by atoms with E-state index in [1.807, 2.05) is 14.1 Å². The van der Waals surface area contributed by atoms with Crippen LogP contribution in [0.2, 0.25) is 0 Å². The maximum Gasteiger partial charge on any atom is 0.252 e. The summed E-state index contributed by atoms with van der Waals surface area (Å²) in [6, 6.07) is 4.69. The molecule has 0 spiro atoms. The fourth-order valence-corrected chi connectivity index (χ4v) is 2.43. The standard InChI is InChI=1S/C14H20BrFN2O/c1-9(2)12(18(3)4)8-17-14(19)10-6-5-7-11(16)13(10)15/h5-7,9,12H,8H2,1-4H3,(H,17,19). The Morgan fingerprint density at radius 3 is 2.58 bits per heavy atom. The Morgan fingerprint density at radius 1 is 1.42 bits per heavy atom. The minimum Gasteiger partial charge on any atom is -0.350 e. The molecule has 0 heterocycles. The fraction of sp³-hybridized carbons (Fsp3) is 0.500. The van der Waals surface area contributed by atoms with E-state index in [9.17, 15) is 9.18 Å². The molecule has 0 saturated carbocycles. The second-order valence-electron chi connectivity index (χ2n) is 5.09. The van der Waals surface area contributed by atoms with E-state index in [1.165, 1.54) is 12.1 Å². The van der Waals surface area contributed by atoms with Crippen LogP contribution in [-0.4, -0.2) is 37.5 Å². The van der Waals surface area contributed by atoms with Crippen LogP contribution in [0.5, 0.6) is 0 Å². The van der Waals surface area contributed by atoms with Gasteiger partial charge in [-0.25, -0.2) is 4.39 Å². The molecule has 0 saturated heterocycles. The van der Waals surface area contributed by atoms with Crippen molar-refractivity contribution >= 4 is 21.8 Å². The molecule has 1 atom stereocenters. The Hall–Kier alpha value is -0.940.